The highest BCUT2D eigenvalue weighted by Gasteiger charge is 2.44. The summed E-state index contributed by atoms with van der Waals surface area (Å²) in [7, 11) is 0. The minimum Gasteiger partial charge on any atom is -0.311 e. The highest BCUT2D eigenvalue weighted by atomic mass is 15.2. The van der Waals surface area contributed by atoms with E-state index < -0.39 is 0 Å². The number of hydrogen-bond acceptors (Lipinski definition) is 4. The van der Waals surface area contributed by atoms with Crippen molar-refractivity contribution in [2.75, 3.05) is 9.80 Å². The maximum absolute atomic E-state index is 5.46. The van der Waals surface area contributed by atoms with Crippen molar-refractivity contribution in [3.63, 3.8) is 0 Å². The van der Waals surface area contributed by atoms with E-state index in [1.54, 1.807) is 0 Å². The Hall–Kier alpha value is -8.28. The van der Waals surface area contributed by atoms with Crippen LogP contribution in [0.25, 0.3) is 56.2 Å². The zero-order valence-corrected chi connectivity index (χ0v) is 41.2. The summed E-state index contributed by atoms with van der Waals surface area (Å²) in [6.45, 7) is 13.9. The van der Waals surface area contributed by atoms with Gasteiger partial charge in [0.05, 0.1) is 11.4 Å². The first-order valence-electron chi connectivity index (χ1n) is 24.8. The van der Waals surface area contributed by atoms with Crippen LogP contribution in [0.2, 0.25) is 0 Å². The molecule has 0 bridgehead atoms. The van der Waals surface area contributed by atoms with Crippen LogP contribution in [0.1, 0.15) is 52.7 Å². The number of nitrogens with zero attached hydrogens (tertiary/aromatic N) is 4. The van der Waals surface area contributed by atoms with Gasteiger partial charge < -0.3 is 9.80 Å². The lowest BCUT2D eigenvalue weighted by molar-refractivity contribution is 0.590. The van der Waals surface area contributed by atoms with Gasteiger partial charge in [-0.15, -0.1) is 0 Å². The van der Waals surface area contributed by atoms with Crippen LogP contribution in [0, 0.1) is 0 Å². The summed E-state index contributed by atoms with van der Waals surface area (Å²) >= 11 is 0. The first-order valence-corrected chi connectivity index (χ1v) is 24.8. The van der Waals surface area contributed by atoms with Gasteiger partial charge in [0.25, 0.3) is 6.71 Å². The van der Waals surface area contributed by atoms with E-state index >= 15 is 0 Å². The van der Waals surface area contributed by atoms with Gasteiger partial charge >= 0.3 is 0 Å². The maximum atomic E-state index is 5.46. The minimum atomic E-state index is -0.0681. The van der Waals surface area contributed by atoms with Crippen molar-refractivity contribution in [3.05, 3.63) is 236 Å². The van der Waals surface area contributed by atoms with Crippen LogP contribution in [0.15, 0.2) is 224 Å². The third-order valence-electron chi connectivity index (χ3n) is 14.4. The average molecular weight is 915 g/mol. The van der Waals surface area contributed by atoms with Crippen molar-refractivity contribution < 1.29 is 0 Å². The molecule has 4 nitrogen and oxygen atoms in total. The SMILES string of the molecule is CC(C)(C)c1ccc2c(c1)B1c3cc(C(C)(C)C)ccc3N(c3ccc(-c4ccccc4)cc3)c3cc(-c4cc(-c5ccccc5)nc(-c5ccccc5)n4)cc(c31)N2c1ccc(-c2ccccc2)cc1. The van der Waals surface area contributed by atoms with E-state index in [1.165, 1.54) is 61.1 Å². The molecule has 2 aliphatic heterocycles. The van der Waals surface area contributed by atoms with Crippen molar-refractivity contribution >= 4 is 57.2 Å². The summed E-state index contributed by atoms with van der Waals surface area (Å²) in [5, 5.41) is 0. The van der Waals surface area contributed by atoms with Gasteiger partial charge in [0, 0.05) is 50.8 Å². The molecule has 9 aromatic carbocycles. The Kier molecular flexibility index (Phi) is 10.7. The van der Waals surface area contributed by atoms with Crippen molar-refractivity contribution in [1.29, 1.82) is 0 Å². The second-order valence-corrected chi connectivity index (χ2v) is 21.1. The molecule has 5 heteroatoms. The van der Waals surface area contributed by atoms with Crippen molar-refractivity contribution in [1.82, 2.24) is 9.97 Å². The Labute approximate surface area is 419 Å². The first-order chi connectivity index (χ1) is 34.5. The number of rotatable bonds is 7. The van der Waals surface area contributed by atoms with Gasteiger partial charge in [-0.1, -0.05) is 211 Å². The Morgan fingerprint density at radius 2 is 0.690 bits per heavy atom. The van der Waals surface area contributed by atoms with Crippen LogP contribution in [0.3, 0.4) is 0 Å². The summed E-state index contributed by atoms with van der Waals surface area (Å²) in [5.74, 6) is 0.688. The van der Waals surface area contributed by atoms with Crippen LogP contribution < -0.4 is 26.2 Å². The number of benzene rings is 9. The predicted molar refractivity (Wildman–Crippen MR) is 301 cm³/mol. The summed E-state index contributed by atoms with van der Waals surface area (Å²) in [6.07, 6.45) is 0. The zero-order chi connectivity index (χ0) is 48.4. The second-order valence-electron chi connectivity index (χ2n) is 21.1. The molecule has 71 heavy (non-hydrogen) atoms. The molecule has 2 aliphatic rings. The van der Waals surface area contributed by atoms with E-state index in [0.717, 1.165) is 50.8 Å². The molecule has 0 saturated carbocycles. The normalized spacial score (nSPS) is 12.8. The fourth-order valence-electron chi connectivity index (χ4n) is 10.6. The highest BCUT2D eigenvalue weighted by Crippen LogP contribution is 2.47. The van der Waals surface area contributed by atoms with Crippen LogP contribution in [0.4, 0.5) is 34.1 Å². The Bertz CT molecular complexity index is 3350. The van der Waals surface area contributed by atoms with Gasteiger partial charge in [0.2, 0.25) is 0 Å². The smallest absolute Gasteiger partial charge is 0.252 e. The monoisotopic (exact) mass is 914 g/mol. The lowest BCUT2D eigenvalue weighted by Crippen LogP contribution is -2.61. The van der Waals surface area contributed by atoms with E-state index in [0.29, 0.717) is 5.82 Å². The molecule has 0 unspecified atom stereocenters. The summed E-state index contributed by atoms with van der Waals surface area (Å²) in [4.78, 5) is 15.7. The second kappa shape index (κ2) is 17.3. The van der Waals surface area contributed by atoms with Crippen LogP contribution in [-0.4, -0.2) is 16.7 Å². The summed E-state index contributed by atoms with van der Waals surface area (Å²) < 4.78 is 0. The van der Waals surface area contributed by atoms with Gasteiger partial charge in [-0.3, -0.25) is 0 Å². The molecular formula is C66H55BN4. The van der Waals surface area contributed by atoms with Crippen molar-refractivity contribution in [2.24, 2.45) is 0 Å². The molecule has 1 aromatic heterocycles. The van der Waals surface area contributed by atoms with E-state index in [9.17, 15) is 0 Å². The third kappa shape index (κ3) is 8.02. The third-order valence-corrected chi connectivity index (χ3v) is 14.4. The molecule has 0 spiro atoms. The molecule has 0 amide bonds. The number of hydrogen-bond donors (Lipinski definition) is 0. The van der Waals surface area contributed by atoms with E-state index in [-0.39, 0.29) is 17.5 Å². The Morgan fingerprint density at radius 1 is 0.324 bits per heavy atom. The minimum absolute atomic E-state index is 0.0616. The summed E-state index contributed by atoms with van der Waals surface area (Å²) in [5.41, 5.74) is 22.7. The van der Waals surface area contributed by atoms with Crippen molar-refractivity contribution in [3.8, 4) is 56.2 Å². The van der Waals surface area contributed by atoms with Gasteiger partial charge in [-0.25, -0.2) is 9.97 Å². The van der Waals surface area contributed by atoms with Gasteiger partial charge in [-0.05, 0) is 115 Å². The van der Waals surface area contributed by atoms with Crippen LogP contribution in [0.5, 0.6) is 0 Å². The zero-order valence-electron chi connectivity index (χ0n) is 41.2. The average Bonchev–Trinajstić information content (AvgIpc) is 3.41. The standard InChI is InChI=1S/C66H55BN4/c1-65(2,3)51-31-37-59-55(41-51)67-56-42-52(66(4,5)6)32-38-60(56)71(54-35-29-47(30-36-54)45-21-13-8-14-22-45)62-40-50(39-61(63(62)67)70(59)53-33-27-46(28-34-53)44-19-11-7-12-20-44)58-43-57(48-23-15-9-16-24-48)68-64(69-58)49-25-17-10-18-26-49/h7-43H,1-6H3. The Balaban J connectivity index is 1.17. The van der Waals surface area contributed by atoms with Gasteiger partial charge in [0.15, 0.2) is 5.82 Å². The quantitative estimate of drug-likeness (QED) is 0.149. The molecule has 10 aromatic rings. The molecular weight excluding hydrogens is 860 g/mol. The molecule has 0 aliphatic carbocycles. The first kappa shape index (κ1) is 44.0. The van der Waals surface area contributed by atoms with Crippen LogP contribution in [-0.2, 0) is 10.8 Å². The van der Waals surface area contributed by atoms with Crippen molar-refractivity contribution in [2.45, 2.75) is 52.4 Å². The van der Waals surface area contributed by atoms with Gasteiger partial charge in [0.1, 0.15) is 0 Å². The lowest BCUT2D eigenvalue weighted by atomic mass is 9.33. The highest BCUT2D eigenvalue weighted by molar-refractivity contribution is 7.00. The molecule has 0 radical (unpaired) electrons. The molecule has 0 saturated heterocycles. The van der Waals surface area contributed by atoms with Crippen LogP contribution >= 0.6 is 0 Å². The maximum Gasteiger partial charge on any atom is 0.252 e. The number of aromatic nitrogens is 2. The predicted octanol–water partition coefficient (Wildman–Crippen LogP) is 15.5. The fourth-order valence-corrected chi connectivity index (χ4v) is 10.6. The van der Waals surface area contributed by atoms with E-state index in [4.69, 9.17) is 9.97 Å². The number of fused-ring (bicyclic) bond motifs is 4. The largest absolute Gasteiger partial charge is 0.311 e. The number of anilines is 6. The molecule has 342 valence electrons. The molecule has 12 rings (SSSR count). The van der Waals surface area contributed by atoms with E-state index in [2.05, 4.69) is 270 Å². The molecule has 0 N–H and O–H groups in total. The summed E-state index contributed by atoms with van der Waals surface area (Å²) in [6, 6.07) is 81.9. The molecule has 0 atom stereocenters. The fraction of sp³-hybridized carbons (Fsp3) is 0.121. The van der Waals surface area contributed by atoms with Gasteiger partial charge in [-0.2, -0.15) is 0 Å². The van der Waals surface area contributed by atoms with E-state index in [1.807, 2.05) is 6.07 Å². The topological polar surface area (TPSA) is 32.3 Å². The Morgan fingerprint density at radius 3 is 1.10 bits per heavy atom. The molecule has 0 fully saturated rings. The molecule has 3 heterocycles. The lowest BCUT2D eigenvalue weighted by Gasteiger charge is -2.45.